The average molecular weight is 453 g/mol. The van der Waals surface area contributed by atoms with E-state index < -0.39 is 0 Å². The minimum atomic E-state index is 1.36. The molecule has 0 atom stereocenters. The zero-order valence-corrected chi connectivity index (χ0v) is 23.5. The van der Waals surface area contributed by atoms with Crippen LogP contribution in [0.15, 0.2) is 0 Å². The molecule has 0 bridgehead atoms. The molecule has 0 fully saturated rings. The van der Waals surface area contributed by atoms with Crippen molar-refractivity contribution in [1.29, 1.82) is 0 Å². The predicted molar refractivity (Wildman–Crippen MR) is 149 cm³/mol. The Morgan fingerprint density at radius 2 is 0.438 bits per heavy atom. The van der Waals surface area contributed by atoms with Crippen molar-refractivity contribution in [2.45, 2.75) is 175 Å². The van der Waals surface area contributed by atoms with Gasteiger partial charge in [0.15, 0.2) is 0 Å². The van der Waals surface area contributed by atoms with Gasteiger partial charge in [-0.05, 0) is 51.4 Å². The van der Waals surface area contributed by atoms with E-state index in [0.29, 0.717) is 0 Å². The molecule has 0 aromatic heterocycles. The zero-order valence-electron chi connectivity index (χ0n) is 23.5. The minimum Gasteiger partial charge on any atom is -0.324 e. The van der Waals surface area contributed by atoms with E-state index in [-0.39, 0.29) is 0 Å². The molecule has 1 heteroatoms. The van der Waals surface area contributed by atoms with Crippen LogP contribution in [0.3, 0.4) is 0 Å². The van der Waals surface area contributed by atoms with E-state index in [9.17, 15) is 0 Å². The Hall–Kier alpha value is -0.0400. The molecular formula is C31H66N+. The Labute approximate surface area is 206 Å². The van der Waals surface area contributed by atoms with Crippen molar-refractivity contribution < 1.29 is 4.48 Å². The van der Waals surface area contributed by atoms with Gasteiger partial charge >= 0.3 is 0 Å². The van der Waals surface area contributed by atoms with Gasteiger partial charge in [-0.2, -0.15) is 0 Å². The molecule has 0 unspecified atom stereocenters. The van der Waals surface area contributed by atoms with Crippen molar-refractivity contribution in [2.24, 2.45) is 0 Å². The van der Waals surface area contributed by atoms with Gasteiger partial charge in [-0.15, -0.1) is 0 Å². The smallest absolute Gasteiger partial charge is 0.0786 e. The topological polar surface area (TPSA) is 0 Å². The number of quaternary nitrogens is 1. The first-order valence-corrected chi connectivity index (χ1v) is 15.6. The van der Waals surface area contributed by atoms with Gasteiger partial charge in [0.1, 0.15) is 0 Å². The van der Waals surface area contributed by atoms with E-state index in [2.05, 4.69) is 27.7 Å². The van der Waals surface area contributed by atoms with E-state index >= 15 is 0 Å². The van der Waals surface area contributed by atoms with E-state index in [4.69, 9.17) is 0 Å². The fourth-order valence-corrected chi connectivity index (χ4v) is 5.40. The standard InChI is InChI=1S/C31H66N/c1-5-9-13-14-15-16-17-18-19-20-21-22-23-27-31-32(28-24-10-6-2,29-25-11-7-3)30-26-12-8-4/h5-31H2,1-4H3/q+1. The summed E-state index contributed by atoms with van der Waals surface area (Å²) in [6.07, 6.45) is 33.3. The summed E-state index contributed by atoms with van der Waals surface area (Å²) in [4.78, 5) is 0. The molecule has 32 heavy (non-hydrogen) atoms. The second kappa shape index (κ2) is 25.6. The molecule has 0 aliphatic rings. The SMILES string of the molecule is CCCCCCCCCCCCCCCC[N+](CCCCC)(CCCCC)CCCCC. The highest BCUT2D eigenvalue weighted by molar-refractivity contribution is 4.53. The van der Waals surface area contributed by atoms with Crippen LogP contribution in [-0.4, -0.2) is 30.7 Å². The molecule has 0 amide bonds. The van der Waals surface area contributed by atoms with Crippen LogP contribution < -0.4 is 0 Å². The summed E-state index contributed by atoms with van der Waals surface area (Å²) in [5.74, 6) is 0. The summed E-state index contributed by atoms with van der Waals surface area (Å²) < 4.78 is 1.46. The first-order chi connectivity index (χ1) is 15.7. The molecule has 0 spiro atoms. The minimum absolute atomic E-state index is 1.36. The maximum Gasteiger partial charge on any atom is 0.0786 e. The van der Waals surface area contributed by atoms with Crippen LogP contribution in [0.4, 0.5) is 0 Å². The molecule has 0 N–H and O–H groups in total. The van der Waals surface area contributed by atoms with Gasteiger partial charge in [0.05, 0.1) is 26.2 Å². The highest BCUT2D eigenvalue weighted by Gasteiger charge is 2.25. The van der Waals surface area contributed by atoms with Crippen molar-refractivity contribution in [3.05, 3.63) is 0 Å². The monoisotopic (exact) mass is 453 g/mol. The molecule has 0 aliphatic heterocycles. The van der Waals surface area contributed by atoms with Gasteiger partial charge in [-0.1, -0.05) is 124 Å². The quantitative estimate of drug-likeness (QED) is 0.0858. The number of nitrogens with zero attached hydrogens (tertiary/aromatic N) is 1. The van der Waals surface area contributed by atoms with Gasteiger partial charge < -0.3 is 4.48 Å². The first-order valence-electron chi connectivity index (χ1n) is 15.6. The maximum atomic E-state index is 2.36. The largest absolute Gasteiger partial charge is 0.324 e. The van der Waals surface area contributed by atoms with Crippen LogP contribution in [0.1, 0.15) is 175 Å². The van der Waals surface area contributed by atoms with E-state index in [1.807, 2.05) is 0 Å². The van der Waals surface area contributed by atoms with Crippen LogP contribution in [-0.2, 0) is 0 Å². The summed E-state index contributed by atoms with van der Waals surface area (Å²) in [6.45, 7) is 15.2. The van der Waals surface area contributed by atoms with Crippen molar-refractivity contribution >= 4 is 0 Å². The molecule has 1 nitrogen and oxygen atoms in total. The lowest BCUT2D eigenvalue weighted by atomic mass is 10.0. The van der Waals surface area contributed by atoms with E-state index in [1.165, 1.54) is 178 Å². The second-order valence-electron chi connectivity index (χ2n) is 11.0. The van der Waals surface area contributed by atoms with Gasteiger partial charge in [0.2, 0.25) is 0 Å². The predicted octanol–water partition coefficient (Wildman–Crippen LogP) is 10.9. The lowest BCUT2D eigenvalue weighted by Crippen LogP contribution is -2.50. The van der Waals surface area contributed by atoms with E-state index in [1.54, 1.807) is 0 Å². The normalized spacial score (nSPS) is 12.0. The Morgan fingerprint density at radius 3 is 0.719 bits per heavy atom. The van der Waals surface area contributed by atoms with Crippen molar-refractivity contribution in [2.75, 3.05) is 26.2 Å². The lowest BCUT2D eigenvalue weighted by Gasteiger charge is -2.39. The number of rotatable bonds is 27. The third kappa shape index (κ3) is 20.6. The van der Waals surface area contributed by atoms with Crippen molar-refractivity contribution in [1.82, 2.24) is 0 Å². The summed E-state index contributed by atoms with van der Waals surface area (Å²) in [5.41, 5.74) is 0. The fraction of sp³-hybridized carbons (Fsp3) is 1.00. The third-order valence-electron chi connectivity index (χ3n) is 7.69. The number of hydrogen-bond acceptors (Lipinski definition) is 0. The molecular weight excluding hydrogens is 386 g/mol. The van der Waals surface area contributed by atoms with Crippen LogP contribution in [0.5, 0.6) is 0 Å². The Kier molecular flexibility index (Phi) is 25.5. The molecule has 0 aliphatic carbocycles. The fourth-order valence-electron chi connectivity index (χ4n) is 5.40. The molecule has 0 radical (unpaired) electrons. The molecule has 0 heterocycles. The summed E-state index contributed by atoms with van der Waals surface area (Å²) in [6, 6.07) is 0. The first kappa shape index (κ1) is 32.0. The molecule has 0 aromatic rings. The van der Waals surface area contributed by atoms with Crippen LogP contribution in [0, 0.1) is 0 Å². The highest BCUT2D eigenvalue weighted by Crippen LogP contribution is 2.19. The van der Waals surface area contributed by atoms with Gasteiger partial charge in [0, 0.05) is 0 Å². The van der Waals surface area contributed by atoms with E-state index in [0.717, 1.165) is 0 Å². The second-order valence-corrected chi connectivity index (χ2v) is 11.0. The average Bonchev–Trinajstić information content (AvgIpc) is 2.80. The Morgan fingerprint density at radius 1 is 0.250 bits per heavy atom. The molecule has 0 rings (SSSR count). The van der Waals surface area contributed by atoms with Crippen LogP contribution in [0.2, 0.25) is 0 Å². The maximum absolute atomic E-state index is 2.36. The number of unbranched alkanes of at least 4 members (excludes halogenated alkanes) is 19. The molecule has 194 valence electrons. The van der Waals surface area contributed by atoms with Crippen LogP contribution in [0.25, 0.3) is 0 Å². The zero-order chi connectivity index (χ0) is 23.6. The Bertz CT molecular complexity index is 311. The van der Waals surface area contributed by atoms with Gasteiger partial charge in [-0.25, -0.2) is 0 Å². The van der Waals surface area contributed by atoms with Gasteiger partial charge in [0.25, 0.3) is 0 Å². The summed E-state index contributed by atoms with van der Waals surface area (Å²) >= 11 is 0. The summed E-state index contributed by atoms with van der Waals surface area (Å²) in [7, 11) is 0. The number of hydrogen-bond donors (Lipinski definition) is 0. The molecule has 0 aromatic carbocycles. The molecule has 0 saturated heterocycles. The Balaban J connectivity index is 4.03. The third-order valence-corrected chi connectivity index (χ3v) is 7.69. The van der Waals surface area contributed by atoms with Crippen molar-refractivity contribution in [3.8, 4) is 0 Å². The highest BCUT2D eigenvalue weighted by atomic mass is 15.3. The lowest BCUT2D eigenvalue weighted by molar-refractivity contribution is -0.929. The van der Waals surface area contributed by atoms with Crippen LogP contribution >= 0.6 is 0 Å². The van der Waals surface area contributed by atoms with Gasteiger partial charge in [-0.3, -0.25) is 0 Å². The molecule has 0 saturated carbocycles. The summed E-state index contributed by atoms with van der Waals surface area (Å²) in [5, 5.41) is 0. The van der Waals surface area contributed by atoms with Crippen molar-refractivity contribution in [3.63, 3.8) is 0 Å².